The summed E-state index contributed by atoms with van der Waals surface area (Å²) in [5.41, 5.74) is 8.42. The molecular weight excluding hydrogens is 586 g/mol. The fraction of sp³-hybridized carbons (Fsp3) is 0.385. The van der Waals surface area contributed by atoms with Crippen LogP contribution in [-0.2, 0) is 35.8 Å². The molecule has 0 spiro atoms. The summed E-state index contributed by atoms with van der Waals surface area (Å²) in [4.78, 5) is 21.1. The number of ether oxygens (including phenoxy) is 2. The van der Waals surface area contributed by atoms with Crippen LogP contribution in [0, 0.1) is 19.3 Å². The maximum Gasteiger partial charge on any atom is 0.312 e. The summed E-state index contributed by atoms with van der Waals surface area (Å²) in [5.74, 6) is 0.330. The van der Waals surface area contributed by atoms with Gasteiger partial charge < -0.3 is 9.47 Å². The highest BCUT2D eigenvalue weighted by Crippen LogP contribution is 2.45. The third-order valence-electron chi connectivity index (χ3n) is 9.59. The third kappa shape index (κ3) is 6.65. The zero-order valence-electron chi connectivity index (χ0n) is 28.4. The average molecular weight is 632 g/mol. The molecule has 6 rings (SSSR count). The number of esters is 1. The normalized spacial score (nSPS) is 15.9. The van der Waals surface area contributed by atoms with Gasteiger partial charge in [0.1, 0.15) is 24.0 Å². The predicted molar refractivity (Wildman–Crippen MR) is 184 cm³/mol. The van der Waals surface area contributed by atoms with E-state index in [-0.39, 0.29) is 24.6 Å². The van der Waals surface area contributed by atoms with Gasteiger partial charge in [0.25, 0.3) is 0 Å². The van der Waals surface area contributed by atoms with Crippen LogP contribution in [0.4, 0.5) is 0 Å². The van der Waals surface area contributed by atoms with Crippen molar-refractivity contribution in [2.75, 3.05) is 6.54 Å². The van der Waals surface area contributed by atoms with E-state index in [0.717, 1.165) is 70.8 Å². The van der Waals surface area contributed by atoms with Crippen molar-refractivity contribution in [3.63, 3.8) is 0 Å². The number of aromatic nitrogens is 4. The van der Waals surface area contributed by atoms with Gasteiger partial charge in [0, 0.05) is 38.3 Å². The summed E-state index contributed by atoms with van der Waals surface area (Å²) < 4.78 is 14.3. The minimum Gasteiger partial charge on any atom is -0.487 e. The van der Waals surface area contributed by atoms with Gasteiger partial charge >= 0.3 is 5.97 Å². The van der Waals surface area contributed by atoms with E-state index in [1.807, 2.05) is 67.2 Å². The summed E-state index contributed by atoms with van der Waals surface area (Å²) in [7, 11) is 0. The lowest BCUT2D eigenvalue weighted by atomic mass is 9.69. The molecule has 3 aromatic carbocycles. The van der Waals surface area contributed by atoms with E-state index in [9.17, 15) is 4.79 Å². The number of carbonyl (C=O) groups is 1. The molecule has 0 saturated heterocycles. The highest BCUT2D eigenvalue weighted by molar-refractivity contribution is 5.82. The van der Waals surface area contributed by atoms with Crippen molar-refractivity contribution in [3.05, 3.63) is 118 Å². The molecule has 0 radical (unpaired) electrons. The van der Waals surface area contributed by atoms with Crippen LogP contribution in [0.1, 0.15) is 79.1 Å². The van der Waals surface area contributed by atoms with Gasteiger partial charge in [-0.05, 0) is 92.6 Å². The molecule has 244 valence electrons. The van der Waals surface area contributed by atoms with Gasteiger partial charge in [-0.25, -0.2) is 4.68 Å². The van der Waals surface area contributed by atoms with Crippen molar-refractivity contribution < 1.29 is 14.3 Å². The van der Waals surface area contributed by atoms with Gasteiger partial charge in [-0.1, -0.05) is 66.7 Å². The lowest BCUT2D eigenvalue weighted by Crippen LogP contribution is -2.35. The van der Waals surface area contributed by atoms with Crippen molar-refractivity contribution in [3.8, 4) is 5.75 Å². The molecule has 2 aromatic heterocycles. The molecule has 0 aliphatic carbocycles. The zero-order valence-corrected chi connectivity index (χ0v) is 28.4. The molecule has 5 aromatic rings. The standard InChI is InChI=1S/C39H45N5O3/c1-7-31-23-43(24-33-35(47-31)15-12-20-40-33)22-30-21-29(17-16-26(30)3)36(32-18-19-34-37(27(32)4)41-42-44(34)8-2)39(5,6)38(45)46-25-28-13-10-9-11-14-28/h9-21,31,36H,7-8,22-25H2,1-6H3/t31-,36+/m1/s1. The Balaban J connectivity index is 1.39. The monoisotopic (exact) mass is 631 g/mol. The largest absolute Gasteiger partial charge is 0.487 e. The van der Waals surface area contributed by atoms with Gasteiger partial charge in [0.05, 0.1) is 16.6 Å². The van der Waals surface area contributed by atoms with Crippen molar-refractivity contribution in [1.29, 1.82) is 0 Å². The van der Waals surface area contributed by atoms with Gasteiger partial charge in [0.15, 0.2) is 0 Å². The molecule has 0 bridgehead atoms. The van der Waals surface area contributed by atoms with Crippen LogP contribution in [0.25, 0.3) is 11.0 Å². The molecule has 0 amide bonds. The number of carbonyl (C=O) groups excluding carboxylic acids is 1. The summed E-state index contributed by atoms with van der Waals surface area (Å²) in [6, 6.07) is 24.6. The zero-order chi connectivity index (χ0) is 33.1. The maximum atomic E-state index is 14.1. The van der Waals surface area contributed by atoms with Crippen molar-refractivity contribution in [2.24, 2.45) is 5.41 Å². The molecule has 0 fully saturated rings. The van der Waals surface area contributed by atoms with Gasteiger partial charge in [-0.15, -0.1) is 5.10 Å². The number of fused-ring (bicyclic) bond motifs is 2. The lowest BCUT2D eigenvalue weighted by Gasteiger charge is -2.35. The fourth-order valence-electron chi connectivity index (χ4n) is 6.79. The first-order valence-corrected chi connectivity index (χ1v) is 16.7. The summed E-state index contributed by atoms with van der Waals surface area (Å²) in [5, 5.41) is 8.94. The topological polar surface area (TPSA) is 82.4 Å². The second-order valence-corrected chi connectivity index (χ2v) is 13.2. The second-order valence-electron chi connectivity index (χ2n) is 13.2. The molecule has 8 heteroatoms. The van der Waals surface area contributed by atoms with E-state index in [2.05, 4.69) is 78.2 Å². The SMILES string of the molecule is CC[C@@H]1CN(Cc2cc([C@@H](c3ccc4c(nnn4CC)c3C)C(C)(C)C(=O)OCc3ccccc3)ccc2C)Cc2ncccc2O1. The Hall–Kier alpha value is -4.56. The number of hydrogen-bond donors (Lipinski definition) is 0. The fourth-order valence-corrected chi connectivity index (χ4v) is 6.79. The van der Waals surface area contributed by atoms with Crippen LogP contribution < -0.4 is 4.74 Å². The minimum absolute atomic E-state index is 0.0842. The van der Waals surface area contributed by atoms with Crippen molar-refractivity contribution >= 4 is 17.0 Å². The van der Waals surface area contributed by atoms with Crippen LogP contribution in [0.2, 0.25) is 0 Å². The molecular formula is C39H45N5O3. The van der Waals surface area contributed by atoms with Crippen LogP contribution in [-0.4, -0.2) is 43.5 Å². The second kappa shape index (κ2) is 13.7. The number of benzene rings is 3. The first-order chi connectivity index (χ1) is 22.7. The van der Waals surface area contributed by atoms with Crippen LogP contribution in [0.5, 0.6) is 5.75 Å². The minimum atomic E-state index is -0.896. The summed E-state index contributed by atoms with van der Waals surface area (Å²) in [6.07, 6.45) is 2.83. The first-order valence-electron chi connectivity index (χ1n) is 16.7. The van der Waals surface area contributed by atoms with Crippen LogP contribution in [0.15, 0.2) is 79.0 Å². The molecule has 1 aliphatic rings. The van der Waals surface area contributed by atoms with Gasteiger partial charge in [-0.3, -0.25) is 14.7 Å². The average Bonchev–Trinajstić information content (AvgIpc) is 3.42. The van der Waals surface area contributed by atoms with Crippen LogP contribution >= 0.6 is 0 Å². The Kier molecular flexibility index (Phi) is 9.41. The molecule has 0 unspecified atom stereocenters. The Morgan fingerprint density at radius 1 is 1.04 bits per heavy atom. The quantitative estimate of drug-likeness (QED) is 0.147. The number of rotatable bonds is 10. The molecule has 8 nitrogen and oxygen atoms in total. The summed E-state index contributed by atoms with van der Waals surface area (Å²) >= 11 is 0. The molecule has 0 N–H and O–H groups in total. The molecule has 0 saturated carbocycles. The van der Waals surface area contributed by atoms with E-state index >= 15 is 0 Å². The Morgan fingerprint density at radius 3 is 2.62 bits per heavy atom. The number of pyridine rings is 1. The van der Waals surface area contributed by atoms with E-state index in [1.165, 1.54) is 11.1 Å². The summed E-state index contributed by atoms with van der Waals surface area (Å²) in [6.45, 7) is 15.7. The number of nitrogens with zero attached hydrogens (tertiary/aromatic N) is 5. The Labute approximate surface area is 277 Å². The highest BCUT2D eigenvalue weighted by Gasteiger charge is 2.41. The Morgan fingerprint density at radius 2 is 1.85 bits per heavy atom. The highest BCUT2D eigenvalue weighted by atomic mass is 16.5. The third-order valence-corrected chi connectivity index (χ3v) is 9.59. The van der Waals surface area contributed by atoms with Crippen molar-refractivity contribution in [2.45, 2.75) is 86.2 Å². The first kappa shape index (κ1) is 32.4. The smallest absolute Gasteiger partial charge is 0.312 e. The van der Waals surface area contributed by atoms with Gasteiger partial charge in [0.2, 0.25) is 0 Å². The molecule has 47 heavy (non-hydrogen) atoms. The van der Waals surface area contributed by atoms with E-state index in [0.29, 0.717) is 6.54 Å². The van der Waals surface area contributed by atoms with Crippen LogP contribution in [0.3, 0.4) is 0 Å². The number of aryl methyl sites for hydroxylation is 3. The predicted octanol–water partition coefficient (Wildman–Crippen LogP) is 7.54. The van der Waals surface area contributed by atoms with E-state index in [1.54, 1.807) is 0 Å². The number of hydrogen-bond acceptors (Lipinski definition) is 7. The Bertz CT molecular complexity index is 1870. The molecule has 1 aliphatic heterocycles. The maximum absolute atomic E-state index is 14.1. The van der Waals surface area contributed by atoms with Crippen molar-refractivity contribution in [1.82, 2.24) is 24.9 Å². The lowest BCUT2D eigenvalue weighted by molar-refractivity contribution is -0.156. The molecule has 2 atom stereocenters. The molecule has 3 heterocycles. The van der Waals surface area contributed by atoms with E-state index in [4.69, 9.17) is 9.47 Å². The van der Waals surface area contributed by atoms with E-state index < -0.39 is 5.41 Å². The van der Waals surface area contributed by atoms with Gasteiger partial charge in [-0.2, -0.15) is 0 Å².